The Morgan fingerprint density at radius 2 is 1.50 bits per heavy atom. The number of hydrogen-bond acceptors (Lipinski definition) is 7. The summed E-state index contributed by atoms with van der Waals surface area (Å²) in [6.07, 6.45) is 1.17. The molecule has 2 aromatic rings. The van der Waals surface area contributed by atoms with Crippen LogP contribution in [0.2, 0.25) is 0 Å². The number of pyridine rings is 1. The van der Waals surface area contributed by atoms with E-state index in [0.29, 0.717) is 29.8 Å². The lowest BCUT2D eigenvalue weighted by Crippen LogP contribution is -2.13. The van der Waals surface area contributed by atoms with Gasteiger partial charge in [-0.3, -0.25) is 19.4 Å². The normalized spacial score (nSPS) is 10.2. The summed E-state index contributed by atoms with van der Waals surface area (Å²) in [4.78, 5) is 38.5. The number of ether oxygens (including phenoxy) is 3. The Labute approximate surface area is 163 Å². The van der Waals surface area contributed by atoms with Crippen LogP contribution in [-0.2, 0) is 49.9 Å². The summed E-state index contributed by atoms with van der Waals surface area (Å²) in [6.45, 7) is 3.79. The zero-order valence-corrected chi connectivity index (χ0v) is 16.2. The fraction of sp³-hybridized carbons (Fsp3) is 0.333. The van der Waals surface area contributed by atoms with Gasteiger partial charge in [-0.1, -0.05) is 30.3 Å². The maximum atomic E-state index is 11.6. The lowest BCUT2D eigenvalue weighted by Gasteiger charge is -2.16. The minimum absolute atomic E-state index is 0.0267. The Balaban J connectivity index is 2.38. The molecule has 0 atom stereocenters. The van der Waals surface area contributed by atoms with E-state index < -0.39 is 17.9 Å². The van der Waals surface area contributed by atoms with Gasteiger partial charge in [-0.05, 0) is 24.5 Å². The molecule has 0 radical (unpaired) electrons. The quantitative estimate of drug-likeness (QED) is 0.645. The van der Waals surface area contributed by atoms with Crippen LogP contribution in [0, 0.1) is 0 Å². The van der Waals surface area contributed by atoms with E-state index >= 15 is 0 Å². The first-order valence-electron chi connectivity index (χ1n) is 8.86. The Hall–Kier alpha value is -3.22. The summed E-state index contributed by atoms with van der Waals surface area (Å²) in [5, 5.41) is 0. The monoisotopic (exact) mass is 385 g/mol. The molecule has 2 rings (SSSR count). The van der Waals surface area contributed by atoms with Gasteiger partial charge in [0.25, 0.3) is 0 Å². The summed E-state index contributed by atoms with van der Waals surface area (Å²) in [5.41, 5.74) is 2.61. The molecule has 0 aliphatic rings. The van der Waals surface area contributed by atoms with Gasteiger partial charge in [-0.25, -0.2) is 0 Å². The Morgan fingerprint density at radius 1 is 0.857 bits per heavy atom. The molecule has 0 saturated carbocycles. The summed E-state index contributed by atoms with van der Waals surface area (Å²) < 4.78 is 15.5. The lowest BCUT2D eigenvalue weighted by atomic mass is 10.0. The molecule has 7 nitrogen and oxygen atoms in total. The molecule has 0 amide bonds. The second kappa shape index (κ2) is 10.2. The summed E-state index contributed by atoms with van der Waals surface area (Å²) >= 11 is 0. The molecule has 7 heteroatoms. The molecular formula is C21H23NO6. The average molecular weight is 385 g/mol. The molecule has 0 saturated heterocycles. The van der Waals surface area contributed by atoms with E-state index in [0.717, 1.165) is 5.56 Å². The van der Waals surface area contributed by atoms with E-state index in [-0.39, 0.29) is 19.0 Å². The number of benzene rings is 1. The zero-order valence-electron chi connectivity index (χ0n) is 16.2. The molecule has 0 unspecified atom stereocenters. The van der Waals surface area contributed by atoms with Crippen LogP contribution < -0.4 is 4.74 Å². The summed E-state index contributed by atoms with van der Waals surface area (Å²) in [7, 11) is 0. The third-order valence-corrected chi connectivity index (χ3v) is 3.77. The Morgan fingerprint density at radius 3 is 2.11 bits per heavy atom. The first-order valence-corrected chi connectivity index (χ1v) is 8.86. The number of esters is 3. The topological polar surface area (TPSA) is 91.8 Å². The van der Waals surface area contributed by atoms with Crippen LogP contribution >= 0.6 is 0 Å². The fourth-order valence-electron chi connectivity index (χ4n) is 2.59. The van der Waals surface area contributed by atoms with Gasteiger partial charge in [0.05, 0.1) is 11.4 Å². The van der Waals surface area contributed by atoms with E-state index in [2.05, 4.69) is 4.98 Å². The molecule has 0 aliphatic heterocycles. The SMILES string of the molecule is CC(=O)OCc1cc(COC(C)=O)c(OC(C)=O)c(CCc2ccccc2)n1. The molecule has 1 aromatic carbocycles. The van der Waals surface area contributed by atoms with Gasteiger partial charge in [0.2, 0.25) is 0 Å². The van der Waals surface area contributed by atoms with E-state index in [1.165, 1.54) is 20.8 Å². The Bertz CT molecular complexity index is 847. The van der Waals surface area contributed by atoms with Crippen molar-refractivity contribution >= 4 is 17.9 Å². The average Bonchev–Trinajstić information content (AvgIpc) is 2.65. The fourth-order valence-corrected chi connectivity index (χ4v) is 2.59. The van der Waals surface area contributed by atoms with Gasteiger partial charge in [0.1, 0.15) is 13.2 Å². The van der Waals surface area contributed by atoms with E-state index in [9.17, 15) is 14.4 Å². The molecular weight excluding hydrogens is 362 g/mol. The predicted molar refractivity (Wildman–Crippen MR) is 100 cm³/mol. The standard InChI is InChI=1S/C21H23NO6/c1-14(23)26-12-18-11-19(13-27-15(2)24)22-20(21(18)28-16(3)25)10-9-17-7-5-4-6-8-17/h4-8,11H,9-10,12-13H2,1-3H3. The smallest absolute Gasteiger partial charge is 0.308 e. The molecule has 0 N–H and O–H groups in total. The highest BCUT2D eigenvalue weighted by atomic mass is 16.5. The number of carbonyl (C=O) groups excluding carboxylic acids is 3. The maximum Gasteiger partial charge on any atom is 0.308 e. The molecule has 0 fully saturated rings. The third-order valence-electron chi connectivity index (χ3n) is 3.77. The number of hydrogen-bond donors (Lipinski definition) is 0. The molecule has 1 aromatic heterocycles. The van der Waals surface area contributed by atoms with Gasteiger partial charge in [-0.2, -0.15) is 0 Å². The van der Waals surface area contributed by atoms with Crippen LogP contribution in [0.1, 0.15) is 43.3 Å². The highest BCUT2D eigenvalue weighted by Gasteiger charge is 2.18. The first-order chi connectivity index (χ1) is 13.3. The van der Waals surface area contributed by atoms with Gasteiger partial charge >= 0.3 is 17.9 Å². The van der Waals surface area contributed by atoms with Gasteiger partial charge in [0, 0.05) is 26.3 Å². The van der Waals surface area contributed by atoms with Crippen molar-refractivity contribution in [1.82, 2.24) is 4.98 Å². The van der Waals surface area contributed by atoms with Crippen molar-refractivity contribution in [3.8, 4) is 5.75 Å². The summed E-state index contributed by atoms with van der Waals surface area (Å²) in [5.74, 6) is -1.12. The molecule has 148 valence electrons. The summed E-state index contributed by atoms with van der Waals surface area (Å²) in [6, 6.07) is 11.4. The van der Waals surface area contributed by atoms with Crippen LogP contribution in [0.5, 0.6) is 5.75 Å². The largest absolute Gasteiger partial charge is 0.461 e. The van der Waals surface area contributed by atoms with Crippen molar-refractivity contribution < 1.29 is 28.6 Å². The minimum Gasteiger partial charge on any atom is -0.461 e. The molecule has 28 heavy (non-hydrogen) atoms. The second-order valence-corrected chi connectivity index (χ2v) is 6.19. The van der Waals surface area contributed by atoms with Crippen LogP contribution in [0.4, 0.5) is 0 Å². The maximum absolute atomic E-state index is 11.6. The molecule has 0 aliphatic carbocycles. The zero-order chi connectivity index (χ0) is 20.5. The molecule has 1 heterocycles. The highest BCUT2D eigenvalue weighted by molar-refractivity contribution is 5.70. The van der Waals surface area contributed by atoms with Crippen molar-refractivity contribution in [2.45, 2.75) is 46.8 Å². The van der Waals surface area contributed by atoms with E-state index in [1.54, 1.807) is 6.07 Å². The van der Waals surface area contributed by atoms with Crippen molar-refractivity contribution in [3.05, 3.63) is 58.9 Å². The first kappa shape index (κ1) is 21.1. The third kappa shape index (κ3) is 6.83. The van der Waals surface area contributed by atoms with Gasteiger partial charge < -0.3 is 14.2 Å². The number of carbonyl (C=O) groups is 3. The predicted octanol–water partition coefficient (Wildman–Crippen LogP) is 2.92. The lowest BCUT2D eigenvalue weighted by molar-refractivity contribution is -0.143. The number of aromatic nitrogens is 1. The van der Waals surface area contributed by atoms with Crippen LogP contribution in [0.3, 0.4) is 0 Å². The number of nitrogens with zero attached hydrogens (tertiary/aromatic N) is 1. The van der Waals surface area contributed by atoms with Crippen LogP contribution in [0.15, 0.2) is 36.4 Å². The van der Waals surface area contributed by atoms with Crippen molar-refractivity contribution in [3.63, 3.8) is 0 Å². The van der Waals surface area contributed by atoms with Crippen molar-refractivity contribution in [2.75, 3.05) is 0 Å². The van der Waals surface area contributed by atoms with Crippen LogP contribution in [0.25, 0.3) is 0 Å². The highest BCUT2D eigenvalue weighted by Crippen LogP contribution is 2.27. The van der Waals surface area contributed by atoms with Crippen molar-refractivity contribution in [1.29, 1.82) is 0 Å². The Kier molecular flexibility index (Phi) is 7.68. The second-order valence-electron chi connectivity index (χ2n) is 6.19. The van der Waals surface area contributed by atoms with Gasteiger partial charge in [-0.15, -0.1) is 0 Å². The van der Waals surface area contributed by atoms with E-state index in [1.807, 2.05) is 30.3 Å². The number of rotatable bonds is 8. The van der Waals surface area contributed by atoms with Crippen molar-refractivity contribution in [2.24, 2.45) is 0 Å². The van der Waals surface area contributed by atoms with Gasteiger partial charge in [0.15, 0.2) is 5.75 Å². The minimum atomic E-state index is -0.500. The molecule has 0 bridgehead atoms. The number of aryl methyl sites for hydroxylation is 2. The van der Waals surface area contributed by atoms with Crippen LogP contribution in [-0.4, -0.2) is 22.9 Å². The molecule has 0 spiro atoms. The van der Waals surface area contributed by atoms with E-state index in [4.69, 9.17) is 14.2 Å².